The highest BCUT2D eigenvalue weighted by Crippen LogP contribution is 2.16. The summed E-state index contributed by atoms with van der Waals surface area (Å²) in [7, 11) is 0. The monoisotopic (exact) mass is 371 g/mol. The Kier molecular flexibility index (Phi) is 4.72. The Morgan fingerprint density at radius 3 is 2.44 bits per heavy atom. The molecule has 1 amide bonds. The summed E-state index contributed by atoms with van der Waals surface area (Å²) in [6.07, 6.45) is 0.957. The highest BCUT2D eigenvalue weighted by Gasteiger charge is 2.17. The Bertz CT molecular complexity index is 1170. The van der Waals surface area contributed by atoms with Gasteiger partial charge in [-0.05, 0) is 49.2 Å². The van der Waals surface area contributed by atoms with Crippen LogP contribution >= 0.6 is 0 Å². The Hall–Kier alpha value is -3.55. The number of hydrogen-bond acceptors (Lipinski definition) is 3. The number of aryl methyl sites for hydroxylation is 2. The molecule has 1 heterocycles. The van der Waals surface area contributed by atoms with Gasteiger partial charge in [-0.3, -0.25) is 9.59 Å². The molecule has 138 valence electrons. The van der Waals surface area contributed by atoms with Crippen molar-refractivity contribution in [1.82, 2.24) is 9.55 Å². The molecule has 0 spiro atoms. The van der Waals surface area contributed by atoms with Gasteiger partial charge < -0.3 is 10.3 Å². The number of rotatable bonds is 3. The van der Waals surface area contributed by atoms with E-state index in [0.29, 0.717) is 11.8 Å². The zero-order chi connectivity index (χ0) is 19.7. The molecule has 0 aliphatic heterocycles. The van der Waals surface area contributed by atoms with Crippen molar-refractivity contribution in [2.75, 3.05) is 5.32 Å². The number of benzene rings is 2. The van der Waals surface area contributed by atoms with E-state index in [1.165, 1.54) is 0 Å². The predicted molar refractivity (Wildman–Crippen MR) is 96.4 cm³/mol. The first-order chi connectivity index (χ1) is 12.8. The number of halogens is 2. The largest absolute Gasteiger partial charge is 0.333 e. The number of aromatic amines is 1. The SMILES string of the molecule is Cc1ccc(-n2c(=O)[nH]cc(C(=O)Nc3ccc(F)cc3F)c2=O)cc1C. The molecule has 0 radical (unpaired) electrons. The van der Waals surface area contributed by atoms with Crippen LogP contribution in [0.25, 0.3) is 5.69 Å². The van der Waals surface area contributed by atoms with E-state index in [-0.39, 0.29) is 5.69 Å². The Labute approximate surface area is 152 Å². The van der Waals surface area contributed by atoms with Crippen LogP contribution in [0.4, 0.5) is 14.5 Å². The highest BCUT2D eigenvalue weighted by molar-refractivity contribution is 6.03. The van der Waals surface area contributed by atoms with Crippen LogP contribution in [0.1, 0.15) is 21.5 Å². The molecule has 1 aromatic heterocycles. The fourth-order valence-electron chi connectivity index (χ4n) is 2.52. The summed E-state index contributed by atoms with van der Waals surface area (Å²) < 4.78 is 27.5. The van der Waals surface area contributed by atoms with E-state index < -0.39 is 34.4 Å². The van der Waals surface area contributed by atoms with Crippen molar-refractivity contribution in [3.05, 3.63) is 91.8 Å². The van der Waals surface area contributed by atoms with Gasteiger partial charge >= 0.3 is 5.69 Å². The van der Waals surface area contributed by atoms with Gasteiger partial charge in [-0.1, -0.05) is 6.07 Å². The lowest BCUT2D eigenvalue weighted by molar-refractivity contribution is 0.102. The Morgan fingerprint density at radius 1 is 1.04 bits per heavy atom. The molecule has 2 N–H and O–H groups in total. The molecule has 3 aromatic rings. The van der Waals surface area contributed by atoms with E-state index in [1.807, 2.05) is 13.8 Å². The van der Waals surface area contributed by atoms with Crippen molar-refractivity contribution in [1.29, 1.82) is 0 Å². The molecule has 0 atom stereocenters. The number of anilines is 1. The van der Waals surface area contributed by atoms with Gasteiger partial charge in [0.2, 0.25) is 0 Å². The summed E-state index contributed by atoms with van der Waals surface area (Å²) in [6, 6.07) is 7.59. The van der Waals surface area contributed by atoms with E-state index in [4.69, 9.17) is 0 Å². The van der Waals surface area contributed by atoms with E-state index in [9.17, 15) is 23.2 Å². The maximum absolute atomic E-state index is 13.7. The molecule has 2 aromatic carbocycles. The molecule has 3 rings (SSSR count). The zero-order valence-electron chi connectivity index (χ0n) is 14.5. The van der Waals surface area contributed by atoms with Crippen LogP contribution in [0.5, 0.6) is 0 Å². The van der Waals surface area contributed by atoms with Crippen LogP contribution in [-0.4, -0.2) is 15.5 Å². The average molecular weight is 371 g/mol. The van der Waals surface area contributed by atoms with Crippen molar-refractivity contribution < 1.29 is 13.6 Å². The molecule has 0 aliphatic carbocycles. The van der Waals surface area contributed by atoms with Crippen LogP contribution in [0.15, 0.2) is 52.2 Å². The summed E-state index contributed by atoms with van der Waals surface area (Å²) in [4.78, 5) is 39.5. The molecular weight excluding hydrogens is 356 g/mol. The summed E-state index contributed by atoms with van der Waals surface area (Å²) in [6.45, 7) is 3.71. The van der Waals surface area contributed by atoms with Gasteiger partial charge in [-0.2, -0.15) is 0 Å². The fourth-order valence-corrected chi connectivity index (χ4v) is 2.52. The minimum atomic E-state index is -0.984. The minimum absolute atomic E-state index is 0.287. The van der Waals surface area contributed by atoms with Gasteiger partial charge in [0.15, 0.2) is 0 Å². The van der Waals surface area contributed by atoms with Gasteiger partial charge in [0, 0.05) is 12.3 Å². The second-order valence-electron chi connectivity index (χ2n) is 5.99. The Balaban J connectivity index is 2.04. The van der Waals surface area contributed by atoms with Crippen LogP contribution in [0.3, 0.4) is 0 Å². The van der Waals surface area contributed by atoms with E-state index in [1.54, 1.807) is 18.2 Å². The third-order valence-electron chi connectivity index (χ3n) is 4.15. The molecule has 0 saturated carbocycles. The lowest BCUT2D eigenvalue weighted by Crippen LogP contribution is -2.38. The third-order valence-corrected chi connectivity index (χ3v) is 4.15. The molecule has 0 bridgehead atoms. The molecule has 6 nitrogen and oxygen atoms in total. The van der Waals surface area contributed by atoms with E-state index in [2.05, 4.69) is 10.3 Å². The molecular formula is C19H15F2N3O3. The van der Waals surface area contributed by atoms with Crippen molar-refractivity contribution in [2.24, 2.45) is 0 Å². The highest BCUT2D eigenvalue weighted by atomic mass is 19.1. The standard InChI is InChI=1S/C19H15F2N3O3/c1-10-3-5-13(7-11(10)2)24-18(26)14(9-22-19(24)27)17(25)23-16-6-4-12(20)8-15(16)21/h3-9H,1-2H3,(H,22,27)(H,23,25). The Morgan fingerprint density at radius 2 is 1.78 bits per heavy atom. The average Bonchev–Trinajstić information content (AvgIpc) is 2.60. The van der Waals surface area contributed by atoms with Crippen LogP contribution < -0.4 is 16.6 Å². The van der Waals surface area contributed by atoms with E-state index in [0.717, 1.165) is 34.0 Å². The first kappa shape index (κ1) is 18.2. The van der Waals surface area contributed by atoms with E-state index >= 15 is 0 Å². The number of carbonyl (C=O) groups excluding carboxylic acids is 1. The molecule has 0 aliphatic rings. The molecule has 0 saturated heterocycles. The molecule has 0 fully saturated rings. The molecule has 8 heteroatoms. The normalized spacial score (nSPS) is 10.7. The van der Waals surface area contributed by atoms with Gasteiger partial charge in [0.05, 0.1) is 11.4 Å². The van der Waals surface area contributed by atoms with Gasteiger partial charge in [0.1, 0.15) is 17.2 Å². The maximum atomic E-state index is 13.7. The van der Waals surface area contributed by atoms with Gasteiger partial charge in [0.25, 0.3) is 11.5 Å². The maximum Gasteiger partial charge on any atom is 0.333 e. The lowest BCUT2D eigenvalue weighted by atomic mass is 10.1. The number of amides is 1. The first-order valence-electron chi connectivity index (χ1n) is 7.96. The summed E-state index contributed by atoms with van der Waals surface area (Å²) >= 11 is 0. The number of nitrogens with zero attached hydrogens (tertiary/aromatic N) is 1. The second kappa shape index (κ2) is 6.99. The summed E-state index contributed by atoms with van der Waals surface area (Å²) in [5, 5.41) is 2.20. The van der Waals surface area contributed by atoms with Crippen LogP contribution in [0.2, 0.25) is 0 Å². The van der Waals surface area contributed by atoms with Crippen LogP contribution in [-0.2, 0) is 0 Å². The first-order valence-corrected chi connectivity index (χ1v) is 7.96. The topological polar surface area (TPSA) is 84.0 Å². The lowest BCUT2D eigenvalue weighted by Gasteiger charge is -2.10. The summed E-state index contributed by atoms with van der Waals surface area (Å²) in [5.41, 5.74) is -0.117. The predicted octanol–water partition coefficient (Wildman–Crippen LogP) is 2.67. The number of nitrogens with one attached hydrogen (secondary N) is 2. The van der Waals surface area contributed by atoms with Crippen molar-refractivity contribution >= 4 is 11.6 Å². The van der Waals surface area contributed by atoms with Crippen molar-refractivity contribution in [3.63, 3.8) is 0 Å². The second-order valence-corrected chi connectivity index (χ2v) is 5.99. The molecule has 0 unspecified atom stereocenters. The quantitative estimate of drug-likeness (QED) is 0.742. The minimum Gasteiger partial charge on any atom is -0.319 e. The number of hydrogen-bond donors (Lipinski definition) is 2. The zero-order valence-corrected chi connectivity index (χ0v) is 14.5. The molecule has 27 heavy (non-hydrogen) atoms. The van der Waals surface area contributed by atoms with Gasteiger partial charge in [-0.15, -0.1) is 0 Å². The number of H-pyrrole nitrogens is 1. The summed E-state index contributed by atoms with van der Waals surface area (Å²) in [5.74, 6) is -2.71. The fraction of sp³-hybridized carbons (Fsp3) is 0.105. The number of aromatic nitrogens is 2. The van der Waals surface area contributed by atoms with Crippen LogP contribution in [0, 0.1) is 25.5 Å². The smallest absolute Gasteiger partial charge is 0.319 e. The van der Waals surface area contributed by atoms with Gasteiger partial charge in [-0.25, -0.2) is 18.1 Å². The van der Waals surface area contributed by atoms with Crippen molar-refractivity contribution in [3.8, 4) is 5.69 Å². The third kappa shape index (κ3) is 3.55. The van der Waals surface area contributed by atoms with Crippen molar-refractivity contribution in [2.45, 2.75) is 13.8 Å². The number of carbonyl (C=O) groups is 1.